The zero-order chi connectivity index (χ0) is 10.2. The molecule has 3 nitrogen and oxygen atoms in total. The van der Waals surface area contributed by atoms with Crippen LogP contribution in [0.3, 0.4) is 0 Å². The maximum atomic E-state index is 11.3. The topological polar surface area (TPSA) is 41.1 Å². The highest BCUT2D eigenvalue weighted by molar-refractivity contribution is 5.75. The molecule has 0 radical (unpaired) electrons. The Hall–Kier alpha value is -0.830. The molecule has 0 bridgehead atoms. The highest BCUT2D eigenvalue weighted by atomic mass is 16.1. The van der Waals surface area contributed by atoms with E-state index < -0.39 is 0 Å². The minimum atomic E-state index is 0.179. The summed E-state index contributed by atoms with van der Waals surface area (Å²) in [5, 5.41) is 6.18. The van der Waals surface area contributed by atoms with Gasteiger partial charge in [-0.2, -0.15) is 0 Å². The summed E-state index contributed by atoms with van der Waals surface area (Å²) >= 11 is 0. The zero-order valence-corrected chi connectivity index (χ0v) is 8.72. The van der Waals surface area contributed by atoms with Crippen LogP contribution < -0.4 is 10.6 Å². The van der Waals surface area contributed by atoms with Gasteiger partial charge in [-0.15, -0.1) is 6.58 Å². The number of carbonyl (C=O) groups excluding carboxylic acids is 1. The summed E-state index contributed by atoms with van der Waals surface area (Å²) in [5.74, 6) is 0.888. The standard InChI is InChI=1S/C11H20N2O/c1-2-3-7-13-11(14)5-4-10-6-8-12-9-10/h2,10,12H,1,3-9H2,(H,13,14). The molecule has 1 aliphatic heterocycles. The van der Waals surface area contributed by atoms with E-state index in [0.717, 1.165) is 32.5 Å². The second kappa shape index (κ2) is 6.60. The third-order valence-corrected chi connectivity index (χ3v) is 2.61. The number of carbonyl (C=O) groups is 1. The molecule has 1 aliphatic rings. The summed E-state index contributed by atoms with van der Waals surface area (Å²) < 4.78 is 0. The first-order chi connectivity index (χ1) is 6.83. The monoisotopic (exact) mass is 196 g/mol. The van der Waals surface area contributed by atoms with Gasteiger partial charge in [0.2, 0.25) is 5.91 Å². The summed E-state index contributed by atoms with van der Waals surface area (Å²) in [6, 6.07) is 0. The molecule has 1 atom stereocenters. The predicted octanol–water partition coefficient (Wildman–Crippen LogP) is 1.07. The van der Waals surface area contributed by atoms with E-state index in [4.69, 9.17) is 0 Å². The fourth-order valence-electron chi connectivity index (χ4n) is 1.70. The highest BCUT2D eigenvalue weighted by Gasteiger charge is 2.15. The smallest absolute Gasteiger partial charge is 0.220 e. The van der Waals surface area contributed by atoms with E-state index in [2.05, 4.69) is 17.2 Å². The molecular weight excluding hydrogens is 176 g/mol. The Morgan fingerprint density at radius 2 is 2.50 bits per heavy atom. The molecule has 14 heavy (non-hydrogen) atoms. The van der Waals surface area contributed by atoms with Crippen molar-refractivity contribution in [1.82, 2.24) is 10.6 Å². The number of hydrogen-bond acceptors (Lipinski definition) is 2. The van der Waals surface area contributed by atoms with Crippen LogP contribution in [0, 0.1) is 5.92 Å². The molecule has 0 aromatic carbocycles. The fourth-order valence-corrected chi connectivity index (χ4v) is 1.70. The Kier molecular flexibility index (Phi) is 5.30. The third kappa shape index (κ3) is 4.42. The van der Waals surface area contributed by atoms with Crippen molar-refractivity contribution in [1.29, 1.82) is 0 Å². The maximum Gasteiger partial charge on any atom is 0.220 e. The Labute approximate surface area is 86.0 Å². The van der Waals surface area contributed by atoms with E-state index in [-0.39, 0.29) is 5.91 Å². The summed E-state index contributed by atoms with van der Waals surface area (Å²) in [6.45, 7) is 6.53. The molecule has 80 valence electrons. The van der Waals surface area contributed by atoms with Crippen molar-refractivity contribution in [2.45, 2.75) is 25.7 Å². The van der Waals surface area contributed by atoms with Crippen molar-refractivity contribution in [2.24, 2.45) is 5.92 Å². The summed E-state index contributed by atoms with van der Waals surface area (Å²) in [7, 11) is 0. The van der Waals surface area contributed by atoms with Crippen molar-refractivity contribution >= 4 is 5.91 Å². The van der Waals surface area contributed by atoms with Crippen LogP contribution >= 0.6 is 0 Å². The van der Waals surface area contributed by atoms with Gasteiger partial charge < -0.3 is 10.6 Å². The van der Waals surface area contributed by atoms with Crippen LogP contribution in [-0.4, -0.2) is 25.5 Å². The first-order valence-corrected chi connectivity index (χ1v) is 5.41. The van der Waals surface area contributed by atoms with E-state index in [9.17, 15) is 4.79 Å². The Bertz CT molecular complexity index is 186. The van der Waals surface area contributed by atoms with Gasteiger partial charge in [-0.3, -0.25) is 4.79 Å². The van der Waals surface area contributed by atoms with E-state index in [1.54, 1.807) is 0 Å². The Balaban J connectivity index is 1.99. The number of amides is 1. The summed E-state index contributed by atoms with van der Waals surface area (Å²) in [5.41, 5.74) is 0. The molecule has 1 fully saturated rings. The lowest BCUT2D eigenvalue weighted by Crippen LogP contribution is -2.24. The first kappa shape index (κ1) is 11.2. The molecule has 1 amide bonds. The molecule has 3 heteroatoms. The van der Waals surface area contributed by atoms with Gasteiger partial charge in [0.05, 0.1) is 0 Å². The van der Waals surface area contributed by atoms with Crippen LogP contribution in [0.5, 0.6) is 0 Å². The zero-order valence-electron chi connectivity index (χ0n) is 8.72. The van der Waals surface area contributed by atoms with Crippen LogP contribution in [0.4, 0.5) is 0 Å². The normalized spacial score (nSPS) is 20.7. The van der Waals surface area contributed by atoms with Gasteiger partial charge in [0.25, 0.3) is 0 Å². The van der Waals surface area contributed by atoms with Crippen molar-refractivity contribution in [2.75, 3.05) is 19.6 Å². The number of hydrogen-bond donors (Lipinski definition) is 2. The van der Waals surface area contributed by atoms with E-state index in [1.807, 2.05) is 6.08 Å². The molecule has 0 saturated carbocycles. The predicted molar refractivity (Wildman–Crippen MR) is 58.0 cm³/mol. The van der Waals surface area contributed by atoms with E-state index >= 15 is 0 Å². The Morgan fingerprint density at radius 1 is 1.64 bits per heavy atom. The van der Waals surface area contributed by atoms with E-state index in [0.29, 0.717) is 12.3 Å². The van der Waals surface area contributed by atoms with Crippen LogP contribution in [0.1, 0.15) is 25.7 Å². The lowest BCUT2D eigenvalue weighted by Gasteiger charge is -2.07. The molecule has 2 N–H and O–H groups in total. The molecule has 1 unspecified atom stereocenters. The lowest BCUT2D eigenvalue weighted by molar-refractivity contribution is -0.121. The van der Waals surface area contributed by atoms with Gasteiger partial charge in [-0.1, -0.05) is 6.08 Å². The Morgan fingerprint density at radius 3 is 3.14 bits per heavy atom. The summed E-state index contributed by atoms with van der Waals surface area (Å²) in [4.78, 5) is 11.3. The molecule has 0 aromatic heterocycles. The van der Waals surface area contributed by atoms with Crippen LogP contribution in [-0.2, 0) is 4.79 Å². The molecule has 0 aliphatic carbocycles. The van der Waals surface area contributed by atoms with Crippen LogP contribution in [0.2, 0.25) is 0 Å². The minimum absolute atomic E-state index is 0.179. The molecule has 1 heterocycles. The fraction of sp³-hybridized carbons (Fsp3) is 0.727. The van der Waals surface area contributed by atoms with Crippen molar-refractivity contribution < 1.29 is 4.79 Å². The first-order valence-electron chi connectivity index (χ1n) is 5.41. The molecule has 1 rings (SSSR count). The average Bonchev–Trinajstić information content (AvgIpc) is 2.68. The largest absolute Gasteiger partial charge is 0.356 e. The molecule has 1 saturated heterocycles. The average molecular weight is 196 g/mol. The second-order valence-corrected chi connectivity index (χ2v) is 3.82. The molecule has 0 aromatic rings. The van der Waals surface area contributed by atoms with Gasteiger partial charge in [0.1, 0.15) is 0 Å². The summed E-state index contributed by atoms with van der Waals surface area (Å²) in [6.07, 6.45) is 5.59. The van der Waals surface area contributed by atoms with Gasteiger partial charge in [-0.05, 0) is 38.3 Å². The van der Waals surface area contributed by atoms with Gasteiger partial charge in [0, 0.05) is 13.0 Å². The van der Waals surface area contributed by atoms with Crippen molar-refractivity contribution in [3.8, 4) is 0 Å². The lowest BCUT2D eigenvalue weighted by atomic mass is 10.0. The minimum Gasteiger partial charge on any atom is -0.356 e. The van der Waals surface area contributed by atoms with Crippen molar-refractivity contribution in [3.05, 3.63) is 12.7 Å². The molecule has 0 spiro atoms. The van der Waals surface area contributed by atoms with Crippen molar-refractivity contribution in [3.63, 3.8) is 0 Å². The van der Waals surface area contributed by atoms with Crippen LogP contribution in [0.15, 0.2) is 12.7 Å². The molecular formula is C11H20N2O. The van der Waals surface area contributed by atoms with E-state index in [1.165, 1.54) is 6.42 Å². The SMILES string of the molecule is C=CCCNC(=O)CCC1CCNC1. The quantitative estimate of drug-likeness (QED) is 0.493. The van der Waals surface area contributed by atoms with Gasteiger partial charge in [-0.25, -0.2) is 0 Å². The maximum absolute atomic E-state index is 11.3. The highest BCUT2D eigenvalue weighted by Crippen LogP contribution is 2.13. The number of nitrogens with one attached hydrogen (secondary N) is 2. The third-order valence-electron chi connectivity index (χ3n) is 2.61. The second-order valence-electron chi connectivity index (χ2n) is 3.82. The number of rotatable bonds is 6. The van der Waals surface area contributed by atoms with Crippen LogP contribution in [0.25, 0.3) is 0 Å². The van der Waals surface area contributed by atoms with Gasteiger partial charge in [0.15, 0.2) is 0 Å². The van der Waals surface area contributed by atoms with Gasteiger partial charge >= 0.3 is 0 Å².